The van der Waals surface area contributed by atoms with E-state index in [1.807, 2.05) is 19.1 Å². The summed E-state index contributed by atoms with van der Waals surface area (Å²) >= 11 is 0. The Kier molecular flexibility index (Phi) is 6.52. The lowest BCUT2D eigenvalue weighted by atomic mass is 9.99. The van der Waals surface area contributed by atoms with Crippen LogP contribution in [0.3, 0.4) is 0 Å². The highest BCUT2D eigenvalue weighted by molar-refractivity contribution is 5.82. The van der Waals surface area contributed by atoms with Crippen molar-refractivity contribution in [1.29, 1.82) is 0 Å². The Labute approximate surface area is 124 Å². The van der Waals surface area contributed by atoms with Crippen LogP contribution >= 0.6 is 0 Å². The van der Waals surface area contributed by atoms with Crippen molar-refractivity contribution in [3.63, 3.8) is 0 Å². The van der Waals surface area contributed by atoms with Gasteiger partial charge in [0.15, 0.2) is 0 Å². The van der Waals surface area contributed by atoms with Gasteiger partial charge in [-0.15, -0.1) is 0 Å². The van der Waals surface area contributed by atoms with E-state index in [2.05, 4.69) is 10.6 Å². The summed E-state index contributed by atoms with van der Waals surface area (Å²) in [5.41, 5.74) is 0.904. The molecule has 2 unspecified atom stereocenters. The smallest absolute Gasteiger partial charge is 0.326 e. The molecule has 0 aliphatic heterocycles. The molecule has 6 heteroatoms. The summed E-state index contributed by atoms with van der Waals surface area (Å²) in [4.78, 5) is 22.9. The molecule has 1 aromatic carbocycles. The molecule has 0 saturated carbocycles. The van der Waals surface area contributed by atoms with E-state index >= 15 is 0 Å². The number of methoxy groups -OCH3 is 1. The van der Waals surface area contributed by atoms with Gasteiger partial charge in [0, 0.05) is 6.54 Å². The Balaban J connectivity index is 2.50. The number of carbonyl (C=O) groups is 2. The topological polar surface area (TPSA) is 87.7 Å². The van der Waals surface area contributed by atoms with Crippen molar-refractivity contribution in [2.24, 2.45) is 5.92 Å². The first-order valence-electron chi connectivity index (χ1n) is 6.88. The van der Waals surface area contributed by atoms with Gasteiger partial charge in [-0.3, -0.25) is 0 Å². The van der Waals surface area contributed by atoms with Crippen molar-refractivity contribution >= 4 is 12.0 Å². The first-order chi connectivity index (χ1) is 9.97. The Bertz CT molecular complexity index is 473. The van der Waals surface area contributed by atoms with Crippen molar-refractivity contribution in [2.45, 2.75) is 32.9 Å². The molecule has 0 bridgehead atoms. The fraction of sp³-hybridized carbons (Fsp3) is 0.467. The second-order valence-electron chi connectivity index (χ2n) is 4.88. The van der Waals surface area contributed by atoms with E-state index in [4.69, 9.17) is 9.84 Å². The molecule has 0 aromatic heterocycles. The quantitative estimate of drug-likeness (QED) is 0.717. The number of hydrogen-bond acceptors (Lipinski definition) is 3. The minimum Gasteiger partial charge on any atom is -0.497 e. The Morgan fingerprint density at radius 1 is 1.29 bits per heavy atom. The highest BCUT2D eigenvalue weighted by Gasteiger charge is 2.24. The van der Waals surface area contributed by atoms with Crippen LogP contribution in [0.2, 0.25) is 0 Å². The van der Waals surface area contributed by atoms with Gasteiger partial charge in [0.05, 0.1) is 7.11 Å². The average molecular weight is 294 g/mol. The van der Waals surface area contributed by atoms with Crippen molar-refractivity contribution < 1.29 is 19.4 Å². The number of carboxylic acid groups (broad SMARTS) is 1. The van der Waals surface area contributed by atoms with Crippen molar-refractivity contribution in [2.75, 3.05) is 7.11 Å². The number of urea groups is 1. The van der Waals surface area contributed by atoms with Crippen LogP contribution in [0.25, 0.3) is 0 Å². The summed E-state index contributed by atoms with van der Waals surface area (Å²) in [5, 5.41) is 14.2. The third kappa shape index (κ3) is 5.33. The summed E-state index contributed by atoms with van der Waals surface area (Å²) < 4.78 is 5.05. The van der Waals surface area contributed by atoms with Crippen molar-refractivity contribution in [1.82, 2.24) is 10.6 Å². The molecule has 0 aliphatic rings. The Morgan fingerprint density at radius 3 is 2.38 bits per heavy atom. The largest absolute Gasteiger partial charge is 0.497 e. The zero-order chi connectivity index (χ0) is 15.8. The number of hydrogen-bond donors (Lipinski definition) is 3. The molecule has 0 fully saturated rings. The van der Waals surface area contributed by atoms with Gasteiger partial charge in [-0.2, -0.15) is 0 Å². The summed E-state index contributed by atoms with van der Waals surface area (Å²) in [6.07, 6.45) is 0.676. The Morgan fingerprint density at radius 2 is 1.90 bits per heavy atom. The lowest BCUT2D eigenvalue weighted by molar-refractivity contribution is -0.140. The first-order valence-corrected chi connectivity index (χ1v) is 6.88. The van der Waals surface area contributed by atoms with E-state index in [9.17, 15) is 9.59 Å². The summed E-state index contributed by atoms with van der Waals surface area (Å²) in [6.45, 7) is 4.00. The normalized spacial score (nSPS) is 13.1. The maximum absolute atomic E-state index is 11.8. The van der Waals surface area contributed by atoms with E-state index in [0.717, 1.165) is 11.3 Å². The summed E-state index contributed by atoms with van der Waals surface area (Å²) in [6, 6.07) is 5.90. The molecule has 0 radical (unpaired) electrons. The van der Waals surface area contributed by atoms with Crippen LogP contribution in [0, 0.1) is 5.92 Å². The lowest BCUT2D eigenvalue weighted by Gasteiger charge is -2.20. The van der Waals surface area contributed by atoms with Crippen LogP contribution in [0.4, 0.5) is 4.79 Å². The van der Waals surface area contributed by atoms with Gasteiger partial charge < -0.3 is 20.5 Å². The third-order valence-corrected chi connectivity index (χ3v) is 3.38. The van der Waals surface area contributed by atoms with E-state index < -0.39 is 18.0 Å². The van der Waals surface area contributed by atoms with Gasteiger partial charge in [0.25, 0.3) is 0 Å². The molecule has 2 atom stereocenters. The zero-order valence-electron chi connectivity index (χ0n) is 12.6. The average Bonchev–Trinajstić information content (AvgIpc) is 2.50. The van der Waals surface area contributed by atoms with Gasteiger partial charge in [-0.25, -0.2) is 9.59 Å². The molecule has 21 heavy (non-hydrogen) atoms. The van der Waals surface area contributed by atoms with Crippen LogP contribution in [0.15, 0.2) is 24.3 Å². The second-order valence-corrected chi connectivity index (χ2v) is 4.88. The molecule has 2 amide bonds. The highest BCUT2D eigenvalue weighted by atomic mass is 16.5. The number of rotatable bonds is 7. The maximum atomic E-state index is 11.8. The van der Waals surface area contributed by atoms with Crippen molar-refractivity contribution in [3.05, 3.63) is 29.8 Å². The number of carboxylic acids is 1. The predicted molar refractivity (Wildman–Crippen MR) is 79.2 cm³/mol. The lowest BCUT2D eigenvalue weighted by Crippen LogP contribution is -2.48. The fourth-order valence-corrected chi connectivity index (χ4v) is 1.80. The van der Waals surface area contributed by atoms with E-state index in [1.165, 1.54) is 0 Å². The molecule has 3 N–H and O–H groups in total. The molecule has 6 nitrogen and oxygen atoms in total. The van der Waals surface area contributed by atoms with Crippen LogP contribution in [-0.4, -0.2) is 30.3 Å². The van der Waals surface area contributed by atoms with Gasteiger partial charge in [0.2, 0.25) is 0 Å². The number of carbonyl (C=O) groups excluding carboxylic acids is 1. The number of ether oxygens (including phenoxy) is 1. The van der Waals surface area contributed by atoms with Crippen LogP contribution in [0.5, 0.6) is 5.75 Å². The number of amides is 2. The molecule has 1 aromatic rings. The van der Waals surface area contributed by atoms with Gasteiger partial charge in [0.1, 0.15) is 11.8 Å². The molecule has 0 heterocycles. The zero-order valence-corrected chi connectivity index (χ0v) is 12.6. The first kappa shape index (κ1) is 16.8. The van der Waals surface area contributed by atoms with Gasteiger partial charge in [-0.05, 0) is 23.6 Å². The van der Waals surface area contributed by atoms with Crippen LogP contribution in [-0.2, 0) is 11.3 Å². The van der Waals surface area contributed by atoms with Gasteiger partial charge in [-0.1, -0.05) is 32.4 Å². The Hall–Kier alpha value is -2.24. The monoisotopic (exact) mass is 294 g/mol. The minimum atomic E-state index is -1.02. The summed E-state index contributed by atoms with van der Waals surface area (Å²) in [7, 11) is 1.58. The number of nitrogens with one attached hydrogen (secondary N) is 2. The predicted octanol–water partition coefficient (Wildman–Crippen LogP) is 1.99. The minimum absolute atomic E-state index is 0.130. The van der Waals surface area contributed by atoms with Crippen molar-refractivity contribution in [3.8, 4) is 5.75 Å². The number of benzene rings is 1. The van der Waals surface area contributed by atoms with E-state index in [1.54, 1.807) is 26.2 Å². The molecule has 0 saturated heterocycles. The van der Waals surface area contributed by atoms with E-state index in [-0.39, 0.29) is 5.92 Å². The standard InChI is InChI=1S/C15H22N2O4/c1-4-10(2)13(14(18)19)17-15(20)16-9-11-5-7-12(21-3)8-6-11/h5-8,10,13H,4,9H2,1-3H3,(H,18,19)(H2,16,17,20). The highest BCUT2D eigenvalue weighted by Crippen LogP contribution is 2.11. The molecular formula is C15H22N2O4. The summed E-state index contributed by atoms with van der Waals surface area (Å²) in [5.74, 6) is -0.413. The molecule has 0 spiro atoms. The SMILES string of the molecule is CCC(C)C(NC(=O)NCc1ccc(OC)cc1)C(=O)O. The second kappa shape index (κ2) is 8.14. The fourth-order valence-electron chi connectivity index (χ4n) is 1.80. The maximum Gasteiger partial charge on any atom is 0.326 e. The van der Waals surface area contributed by atoms with Crippen LogP contribution in [0.1, 0.15) is 25.8 Å². The van der Waals surface area contributed by atoms with E-state index in [0.29, 0.717) is 13.0 Å². The third-order valence-electron chi connectivity index (χ3n) is 3.38. The molecular weight excluding hydrogens is 272 g/mol. The molecule has 0 aliphatic carbocycles. The molecule has 116 valence electrons. The van der Waals surface area contributed by atoms with Gasteiger partial charge >= 0.3 is 12.0 Å². The van der Waals surface area contributed by atoms with Crippen LogP contribution < -0.4 is 15.4 Å². The molecule has 1 rings (SSSR count). The number of aliphatic carboxylic acids is 1.